The molecule has 0 aliphatic carbocycles. The molecule has 0 spiro atoms. The maximum atomic E-state index is 11.0. The fraction of sp³-hybridized carbons (Fsp3) is 0.364. The van der Waals surface area contributed by atoms with Gasteiger partial charge in [-0.1, -0.05) is 11.3 Å². The summed E-state index contributed by atoms with van der Waals surface area (Å²) in [6.07, 6.45) is 0. The minimum Gasteiger partial charge on any atom is -0.478 e. The molecule has 17 heavy (non-hydrogen) atoms. The van der Waals surface area contributed by atoms with Gasteiger partial charge in [-0.05, 0) is 26.2 Å². The van der Waals surface area contributed by atoms with Crippen molar-refractivity contribution < 1.29 is 9.90 Å². The topological polar surface area (TPSA) is 71.2 Å². The first-order valence-corrected chi connectivity index (χ1v) is 5.30. The lowest BCUT2D eigenvalue weighted by atomic mass is 10.2. The van der Waals surface area contributed by atoms with E-state index in [1.54, 1.807) is 10.7 Å². The number of aromatic carboxylic acids is 1. The van der Waals surface area contributed by atoms with Gasteiger partial charge in [0.25, 0.3) is 0 Å². The third-order valence-electron chi connectivity index (χ3n) is 2.53. The first-order valence-electron chi connectivity index (χ1n) is 5.30. The summed E-state index contributed by atoms with van der Waals surface area (Å²) >= 11 is 0. The van der Waals surface area contributed by atoms with Crippen LogP contribution in [0.15, 0.2) is 18.2 Å². The Hall–Kier alpha value is -1.95. The smallest absolute Gasteiger partial charge is 0.338 e. The predicted octanol–water partition coefficient (Wildman–Crippen LogP) is 0.691. The van der Waals surface area contributed by atoms with E-state index in [4.69, 9.17) is 5.11 Å². The molecule has 1 heterocycles. The van der Waals surface area contributed by atoms with Crippen molar-refractivity contribution in [3.8, 4) is 0 Å². The van der Waals surface area contributed by atoms with Gasteiger partial charge in [0.1, 0.15) is 5.52 Å². The molecule has 0 fully saturated rings. The van der Waals surface area contributed by atoms with Gasteiger partial charge in [-0.25, -0.2) is 9.48 Å². The van der Waals surface area contributed by atoms with Crippen molar-refractivity contribution in [2.75, 3.05) is 20.6 Å². The molecule has 0 saturated carbocycles. The maximum Gasteiger partial charge on any atom is 0.338 e. The number of benzene rings is 1. The molecule has 0 saturated heterocycles. The number of hydrogen-bond acceptors (Lipinski definition) is 4. The summed E-state index contributed by atoms with van der Waals surface area (Å²) in [5.74, 6) is -0.977. The zero-order chi connectivity index (χ0) is 12.4. The molecular weight excluding hydrogens is 220 g/mol. The van der Waals surface area contributed by atoms with Crippen molar-refractivity contribution in [1.29, 1.82) is 0 Å². The van der Waals surface area contributed by atoms with Crippen molar-refractivity contribution in [3.63, 3.8) is 0 Å². The van der Waals surface area contributed by atoms with Crippen LogP contribution in [0, 0.1) is 0 Å². The third kappa shape index (κ3) is 2.26. The first kappa shape index (κ1) is 11.5. The second kappa shape index (κ2) is 4.50. The van der Waals surface area contributed by atoms with Crippen molar-refractivity contribution in [2.45, 2.75) is 6.54 Å². The molecule has 6 nitrogen and oxygen atoms in total. The van der Waals surface area contributed by atoms with Gasteiger partial charge in [0, 0.05) is 6.54 Å². The van der Waals surface area contributed by atoms with Gasteiger partial charge in [0.15, 0.2) is 0 Å². The first-order chi connectivity index (χ1) is 8.09. The number of fused-ring (bicyclic) bond motifs is 1. The lowest BCUT2D eigenvalue weighted by molar-refractivity contribution is 0.0699. The van der Waals surface area contributed by atoms with Gasteiger partial charge >= 0.3 is 5.97 Å². The van der Waals surface area contributed by atoms with Crippen LogP contribution in [-0.4, -0.2) is 51.6 Å². The van der Waals surface area contributed by atoms with Crippen LogP contribution < -0.4 is 0 Å². The molecule has 0 aliphatic heterocycles. The van der Waals surface area contributed by atoms with Crippen LogP contribution in [0.4, 0.5) is 0 Å². The normalized spacial score (nSPS) is 11.2. The molecular formula is C11H14N4O2. The lowest BCUT2D eigenvalue weighted by Gasteiger charge is -2.09. The van der Waals surface area contributed by atoms with E-state index in [0.717, 1.165) is 12.1 Å². The average Bonchev–Trinajstić information content (AvgIpc) is 2.68. The fourth-order valence-electron chi connectivity index (χ4n) is 1.62. The molecule has 1 N–H and O–H groups in total. The van der Waals surface area contributed by atoms with Crippen molar-refractivity contribution in [3.05, 3.63) is 23.8 Å². The molecule has 0 unspecified atom stereocenters. The molecule has 2 aromatic rings. The van der Waals surface area contributed by atoms with Crippen LogP contribution in [0.3, 0.4) is 0 Å². The standard InChI is InChI=1S/C11H14N4O2/c1-14(2)6-7-15-9-5-3-4-8(11(16)17)10(9)12-13-15/h3-5H,6-7H2,1-2H3,(H,16,17). The SMILES string of the molecule is CN(C)CCn1nnc2c(C(=O)O)cccc21. The zero-order valence-electron chi connectivity index (χ0n) is 9.79. The van der Waals surface area contributed by atoms with E-state index in [0.29, 0.717) is 12.1 Å². The number of carboxylic acids is 1. The summed E-state index contributed by atoms with van der Waals surface area (Å²) in [4.78, 5) is 13.0. The minimum absolute atomic E-state index is 0.193. The van der Waals surface area contributed by atoms with Gasteiger partial charge in [-0.3, -0.25) is 0 Å². The van der Waals surface area contributed by atoms with Gasteiger partial charge in [0.2, 0.25) is 0 Å². The summed E-state index contributed by atoms with van der Waals surface area (Å²) in [6.45, 7) is 1.52. The van der Waals surface area contributed by atoms with Crippen LogP contribution in [-0.2, 0) is 6.54 Å². The Morgan fingerprint density at radius 2 is 2.24 bits per heavy atom. The Bertz CT molecular complexity index is 547. The van der Waals surface area contributed by atoms with Crippen LogP contribution in [0.25, 0.3) is 11.0 Å². The summed E-state index contributed by atoms with van der Waals surface area (Å²) in [5.41, 5.74) is 1.39. The zero-order valence-corrected chi connectivity index (χ0v) is 9.79. The summed E-state index contributed by atoms with van der Waals surface area (Å²) < 4.78 is 1.72. The minimum atomic E-state index is -0.977. The number of hydrogen-bond donors (Lipinski definition) is 1. The maximum absolute atomic E-state index is 11.0. The number of aromatic nitrogens is 3. The van der Waals surface area contributed by atoms with Gasteiger partial charge in [-0.15, -0.1) is 5.10 Å². The molecule has 90 valence electrons. The van der Waals surface area contributed by atoms with Crippen LogP contribution in [0.1, 0.15) is 10.4 Å². The third-order valence-corrected chi connectivity index (χ3v) is 2.53. The van der Waals surface area contributed by atoms with E-state index in [-0.39, 0.29) is 5.56 Å². The summed E-state index contributed by atoms with van der Waals surface area (Å²) in [6, 6.07) is 5.08. The Balaban J connectivity index is 2.40. The molecule has 0 atom stereocenters. The highest BCUT2D eigenvalue weighted by Gasteiger charge is 2.13. The Morgan fingerprint density at radius 1 is 1.47 bits per heavy atom. The van der Waals surface area contributed by atoms with Crippen LogP contribution in [0.2, 0.25) is 0 Å². The quantitative estimate of drug-likeness (QED) is 0.842. The van der Waals surface area contributed by atoms with Crippen molar-refractivity contribution in [1.82, 2.24) is 19.9 Å². The van der Waals surface area contributed by atoms with Gasteiger partial charge in [0.05, 0.1) is 17.6 Å². The number of carboxylic acid groups (broad SMARTS) is 1. The number of likely N-dealkylation sites (N-methyl/N-ethyl adjacent to an activating group) is 1. The van der Waals surface area contributed by atoms with E-state index < -0.39 is 5.97 Å². The summed E-state index contributed by atoms with van der Waals surface area (Å²) in [5, 5.41) is 16.9. The monoisotopic (exact) mass is 234 g/mol. The predicted molar refractivity (Wildman–Crippen MR) is 63.0 cm³/mol. The molecule has 0 aliphatic rings. The Morgan fingerprint density at radius 3 is 2.88 bits per heavy atom. The van der Waals surface area contributed by atoms with E-state index in [1.165, 1.54) is 6.07 Å². The molecule has 6 heteroatoms. The summed E-state index contributed by atoms with van der Waals surface area (Å²) in [7, 11) is 3.95. The largest absolute Gasteiger partial charge is 0.478 e. The second-order valence-corrected chi connectivity index (χ2v) is 4.09. The molecule has 0 bridgehead atoms. The average molecular weight is 234 g/mol. The molecule has 0 amide bonds. The number of rotatable bonds is 4. The highest BCUT2D eigenvalue weighted by Crippen LogP contribution is 2.15. The number of carbonyl (C=O) groups is 1. The van der Waals surface area contributed by atoms with Crippen molar-refractivity contribution >= 4 is 17.0 Å². The van der Waals surface area contributed by atoms with Crippen LogP contribution >= 0.6 is 0 Å². The highest BCUT2D eigenvalue weighted by atomic mass is 16.4. The van der Waals surface area contributed by atoms with E-state index in [1.807, 2.05) is 25.1 Å². The van der Waals surface area contributed by atoms with E-state index in [2.05, 4.69) is 10.3 Å². The van der Waals surface area contributed by atoms with Crippen molar-refractivity contribution in [2.24, 2.45) is 0 Å². The number of nitrogens with zero attached hydrogens (tertiary/aromatic N) is 4. The lowest BCUT2D eigenvalue weighted by Crippen LogP contribution is -2.19. The Kier molecular flexibility index (Phi) is 3.06. The Labute approximate surface area is 98.4 Å². The molecule has 2 rings (SSSR count). The van der Waals surface area contributed by atoms with E-state index in [9.17, 15) is 4.79 Å². The molecule has 0 radical (unpaired) electrons. The van der Waals surface area contributed by atoms with E-state index >= 15 is 0 Å². The fourth-order valence-corrected chi connectivity index (χ4v) is 1.62. The molecule has 1 aromatic heterocycles. The van der Waals surface area contributed by atoms with Gasteiger partial charge in [-0.2, -0.15) is 0 Å². The van der Waals surface area contributed by atoms with Gasteiger partial charge < -0.3 is 10.0 Å². The van der Waals surface area contributed by atoms with Crippen LogP contribution in [0.5, 0.6) is 0 Å². The highest BCUT2D eigenvalue weighted by molar-refractivity contribution is 6.00. The second-order valence-electron chi connectivity index (χ2n) is 4.09. The molecule has 1 aromatic carbocycles.